The number of aryl methyl sites for hydroxylation is 1. The lowest BCUT2D eigenvalue weighted by Gasteiger charge is -2.24. The van der Waals surface area contributed by atoms with Gasteiger partial charge in [0.1, 0.15) is 6.04 Å². The Balaban J connectivity index is 1.68. The highest BCUT2D eigenvalue weighted by Gasteiger charge is 2.43. The van der Waals surface area contributed by atoms with E-state index in [4.69, 9.17) is 10.5 Å². The molecule has 0 aromatic heterocycles. The Morgan fingerprint density at radius 3 is 2.75 bits per heavy atom. The van der Waals surface area contributed by atoms with Crippen molar-refractivity contribution in [3.05, 3.63) is 35.4 Å². The Kier molecular flexibility index (Phi) is 3.52. The van der Waals surface area contributed by atoms with Gasteiger partial charge in [0, 0.05) is 25.1 Å². The molecule has 2 atom stereocenters. The zero-order valence-electron chi connectivity index (χ0n) is 12.0. The van der Waals surface area contributed by atoms with Crippen LogP contribution in [0.1, 0.15) is 30.0 Å². The number of ether oxygens (including phenoxy) is 1. The number of nitrogens with two attached hydrogens (primary N) is 1. The van der Waals surface area contributed by atoms with Gasteiger partial charge in [-0.25, -0.2) is 0 Å². The number of carbonyl (C=O) groups is 1. The van der Waals surface area contributed by atoms with E-state index in [1.165, 1.54) is 5.56 Å². The van der Waals surface area contributed by atoms with Crippen LogP contribution in [-0.2, 0) is 9.53 Å². The van der Waals surface area contributed by atoms with E-state index in [1.807, 2.05) is 36.1 Å². The highest BCUT2D eigenvalue weighted by molar-refractivity contribution is 5.83. The quantitative estimate of drug-likeness (QED) is 0.892. The van der Waals surface area contributed by atoms with Gasteiger partial charge in [0.2, 0.25) is 5.91 Å². The Labute approximate surface area is 119 Å². The minimum atomic E-state index is -0.548. The normalized spacial score (nSPS) is 27.2. The summed E-state index contributed by atoms with van der Waals surface area (Å²) in [6.07, 6.45) is 2.11. The van der Waals surface area contributed by atoms with Gasteiger partial charge >= 0.3 is 0 Å². The molecule has 0 aliphatic carbocycles. The monoisotopic (exact) mass is 274 g/mol. The first-order chi connectivity index (χ1) is 9.60. The minimum absolute atomic E-state index is 0.0395. The van der Waals surface area contributed by atoms with E-state index >= 15 is 0 Å². The van der Waals surface area contributed by atoms with Crippen molar-refractivity contribution >= 4 is 5.91 Å². The summed E-state index contributed by atoms with van der Waals surface area (Å²) in [7, 11) is 0. The molecule has 3 rings (SSSR count). The zero-order valence-corrected chi connectivity index (χ0v) is 12.0. The minimum Gasteiger partial charge on any atom is -0.381 e. The molecule has 1 aromatic rings. The molecule has 0 radical (unpaired) electrons. The molecule has 2 saturated heterocycles. The van der Waals surface area contributed by atoms with Gasteiger partial charge in [-0.15, -0.1) is 0 Å². The second-order valence-electron chi connectivity index (χ2n) is 6.20. The van der Waals surface area contributed by atoms with Crippen LogP contribution < -0.4 is 5.73 Å². The summed E-state index contributed by atoms with van der Waals surface area (Å²) in [6, 6.07) is 7.34. The van der Waals surface area contributed by atoms with Crippen LogP contribution in [0.5, 0.6) is 0 Å². The molecule has 2 aliphatic heterocycles. The third-order valence-corrected chi connectivity index (χ3v) is 4.64. The molecule has 108 valence electrons. The van der Waals surface area contributed by atoms with Crippen molar-refractivity contribution in [1.29, 1.82) is 0 Å². The van der Waals surface area contributed by atoms with Crippen LogP contribution in [0.3, 0.4) is 0 Å². The van der Waals surface area contributed by atoms with Crippen molar-refractivity contribution in [1.82, 2.24) is 4.90 Å². The Hall–Kier alpha value is -1.39. The highest BCUT2D eigenvalue weighted by atomic mass is 16.5. The number of carbonyl (C=O) groups excluding carboxylic acids is 1. The van der Waals surface area contributed by atoms with Gasteiger partial charge in [-0.05, 0) is 25.3 Å². The van der Waals surface area contributed by atoms with Crippen LogP contribution in [0.2, 0.25) is 0 Å². The molecular formula is C16H22N2O2. The molecule has 1 amide bonds. The van der Waals surface area contributed by atoms with E-state index in [1.54, 1.807) is 0 Å². The van der Waals surface area contributed by atoms with Crippen molar-refractivity contribution in [3.63, 3.8) is 0 Å². The summed E-state index contributed by atoms with van der Waals surface area (Å²) in [5, 5.41) is 0. The fourth-order valence-corrected chi connectivity index (χ4v) is 3.21. The van der Waals surface area contributed by atoms with Crippen LogP contribution in [0, 0.1) is 12.3 Å². The lowest BCUT2D eigenvalue weighted by Crippen LogP contribution is -2.38. The molecule has 4 nitrogen and oxygen atoms in total. The van der Waals surface area contributed by atoms with Gasteiger partial charge in [0.15, 0.2) is 0 Å². The molecule has 20 heavy (non-hydrogen) atoms. The Bertz CT molecular complexity index is 492. The van der Waals surface area contributed by atoms with Crippen molar-refractivity contribution in [2.45, 2.75) is 25.8 Å². The average molecular weight is 274 g/mol. The topological polar surface area (TPSA) is 55.6 Å². The number of nitrogens with zero attached hydrogens (tertiary/aromatic N) is 1. The lowest BCUT2D eigenvalue weighted by molar-refractivity contribution is -0.132. The summed E-state index contributed by atoms with van der Waals surface area (Å²) in [6.45, 7) is 5.25. The van der Waals surface area contributed by atoms with Gasteiger partial charge in [-0.1, -0.05) is 29.8 Å². The summed E-state index contributed by atoms with van der Waals surface area (Å²) < 4.78 is 5.50. The average Bonchev–Trinajstić information content (AvgIpc) is 3.09. The molecule has 1 spiro atoms. The molecule has 0 bridgehead atoms. The smallest absolute Gasteiger partial charge is 0.244 e. The van der Waals surface area contributed by atoms with Gasteiger partial charge < -0.3 is 15.4 Å². The first kappa shape index (κ1) is 13.6. The van der Waals surface area contributed by atoms with Crippen molar-refractivity contribution < 1.29 is 9.53 Å². The second-order valence-corrected chi connectivity index (χ2v) is 6.20. The van der Waals surface area contributed by atoms with E-state index in [9.17, 15) is 4.79 Å². The first-order valence-electron chi connectivity index (χ1n) is 7.28. The number of amides is 1. The van der Waals surface area contributed by atoms with Crippen LogP contribution in [0.4, 0.5) is 0 Å². The molecule has 2 heterocycles. The van der Waals surface area contributed by atoms with Gasteiger partial charge in [0.05, 0.1) is 6.61 Å². The fraction of sp³-hybridized carbons (Fsp3) is 0.562. The fourth-order valence-electron chi connectivity index (χ4n) is 3.21. The molecule has 2 aliphatic rings. The van der Waals surface area contributed by atoms with Crippen LogP contribution in [0.25, 0.3) is 0 Å². The zero-order chi connectivity index (χ0) is 14.2. The summed E-state index contributed by atoms with van der Waals surface area (Å²) in [5.41, 5.74) is 8.40. The largest absolute Gasteiger partial charge is 0.381 e. The summed E-state index contributed by atoms with van der Waals surface area (Å²) in [4.78, 5) is 14.4. The Morgan fingerprint density at radius 1 is 1.35 bits per heavy atom. The number of rotatable bonds is 2. The molecular weight excluding hydrogens is 252 g/mol. The van der Waals surface area contributed by atoms with E-state index in [-0.39, 0.29) is 11.3 Å². The molecule has 0 saturated carbocycles. The highest BCUT2D eigenvalue weighted by Crippen LogP contribution is 2.38. The molecule has 4 heteroatoms. The van der Waals surface area contributed by atoms with E-state index in [0.29, 0.717) is 0 Å². The van der Waals surface area contributed by atoms with Crippen LogP contribution >= 0.6 is 0 Å². The van der Waals surface area contributed by atoms with E-state index in [0.717, 1.165) is 44.7 Å². The number of benzene rings is 1. The van der Waals surface area contributed by atoms with Crippen molar-refractivity contribution in [2.24, 2.45) is 11.1 Å². The van der Waals surface area contributed by atoms with Crippen molar-refractivity contribution in [3.8, 4) is 0 Å². The van der Waals surface area contributed by atoms with Gasteiger partial charge in [-0.3, -0.25) is 4.79 Å². The Morgan fingerprint density at radius 2 is 2.10 bits per heavy atom. The van der Waals surface area contributed by atoms with Crippen LogP contribution in [0.15, 0.2) is 24.3 Å². The standard InChI is InChI=1S/C16H22N2O2/c1-12-2-4-13(5-3-12)14(17)15(19)18-8-6-16(10-18)7-9-20-11-16/h2-5,14H,6-11,17H2,1H3. The number of likely N-dealkylation sites (tertiary alicyclic amines) is 1. The van der Waals surface area contributed by atoms with Gasteiger partial charge in [-0.2, -0.15) is 0 Å². The predicted octanol–water partition coefficient (Wildman–Crippen LogP) is 1.63. The maximum absolute atomic E-state index is 12.5. The van der Waals surface area contributed by atoms with Gasteiger partial charge in [0.25, 0.3) is 0 Å². The third kappa shape index (κ3) is 2.45. The molecule has 2 fully saturated rings. The SMILES string of the molecule is Cc1ccc(C(N)C(=O)N2CCC3(CCOC3)C2)cc1. The number of hydrogen-bond donors (Lipinski definition) is 1. The number of hydrogen-bond acceptors (Lipinski definition) is 3. The maximum atomic E-state index is 12.5. The first-order valence-corrected chi connectivity index (χ1v) is 7.28. The predicted molar refractivity (Wildman–Crippen MR) is 77.2 cm³/mol. The lowest BCUT2D eigenvalue weighted by atomic mass is 9.87. The molecule has 2 unspecified atom stereocenters. The maximum Gasteiger partial charge on any atom is 0.244 e. The third-order valence-electron chi connectivity index (χ3n) is 4.64. The van der Waals surface area contributed by atoms with E-state index < -0.39 is 6.04 Å². The second kappa shape index (κ2) is 5.19. The summed E-state index contributed by atoms with van der Waals surface area (Å²) >= 11 is 0. The van der Waals surface area contributed by atoms with Crippen LogP contribution in [-0.4, -0.2) is 37.1 Å². The van der Waals surface area contributed by atoms with Crippen molar-refractivity contribution in [2.75, 3.05) is 26.3 Å². The van der Waals surface area contributed by atoms with E-state index in [2.05, 4.69) is 0 Å². The molecule has 1 aromatic carbocycles. The summed E-state index contributed by atoms with van der Waals surface area (Å²) in [5.74, 6) is 0.0395. The molecule has 2 N–H and O–H groups in total.